The van der Waals surface area contributed by atoms with Gasteiger partial charge in [0.25, 0.3) is 0 Å². The Balaban J connectivity index is 2.25. The number of carbonyl (C=O) groups is 2. The summed E-state index contributed by atoms with van der Waals surface area (Å²) < 4.78 is 0. The summed E-state index contributed by atoms with van der Waals surface area (Å²) >= 11 is 1.90. The minimum absolute atomic E-state index is 0.155. The van der Waals surface area contributed by atoms with Crippen LogP contribution in [0.5, 0.6) is 0 Å². The maximum Gasteiger partial charge on any atom is 0.314 e. The number of hydrogen-bond acceptors (Lipinski definition) is 3. The molecule has 1 aliphatic rings. The SMILES string of the molecule is CCC(C)(CNC(=O)NCC1CCCCS1)C(=O)O. The minimum atomic E-state index is -0.892. The van der Waals surface area contributed by atoms with Gasteiger partial charge in [-0.15, -0.1) is 0 Å². The summed E-state index contributed by atoms with van der Waals surface area (Å²) in [5.74, 6) is 0.291. The first-order chi connectivity index (χ1) is 8.98. The van der Waals surface area contributed by atoms with E-state index in [9.17, 15) is 9.59 Å². The molecule has 0 aliphatic carbocycles. The number of thioether (sulfide) groups is 1. The molecule has 5 nitrogen and oxygen atoms in total. The van der Waals surface area contributed by atoms with Gasteiger partial charge in [-0.3, -0.25) is 4.79 Å². The Morgan fingerprint density at radius 2 is 2.11 bits per heavy atom. The first-order valence-corrected chi connectivity index (χ1v) is 7.89. The van der Waals surface area contributed by atoms with Crippen LogP contribution in [0.4, 0.5) is 4.79 Å². The van der Waals surface area contributed by atoms with Crippen molar-refractivity contribution in [2.45, 2.75) is 44.8 Å². The van der Waals surface area contributed by atoms with Crippen LogP contribution in [0.3, 0.4) is 0 Å². The van der Waals surface area contributed by atoms with Gasteiger partial charge in [-0.2, -0.15) is 11.8 Å². The van der Waals surface area contributed by atoms with E-state index in [1.165, 1.54) is 18.6 Å². The standard InChI is InChI=1S/C13H24N2O3S/c1-3-13(2,11(16)17)9-15-12(18)14-8-10-6-4-5-7-19-10/h10H,3-9H2,1-2H3,(H,16,17)(H2,14,15,18). The molecule has 2 amide bonds. The molecule has 0 bridgehead atoms. The van der Waals surface area contributed by atoms with Crippen molar-refractivity contribution in [1.29, 1.82) is 0 Å². The Hall–Kier alpha value is -0.910. The van der Waals surface area contributed by atoms with E-state index < -0.39 is 11.4 Å². The molecule has 1 aliphatic heterocycles. The fourth-order valence-electron chi connectivity index (χ4n) is 1.86. The van der Waals surface area contributed by atoms with Crippen LogP contribution in [0.25, 0.3) is 0 Å². The van der Waals surface area contributed by atoms with Gasteiger partial charge < -0.3 is 15.7 Å². The summed E-state index contributed by atoms with van der Waals surface area (Å²) in [6, 6.07) is -0.271. The summed E-state index contributed by atoms with van der Waals surface area (Å²) in [7, 11) is 0. The highest BCUT2D eigenvalue weighted by Gasteiger charge is 2.31. The van der Waals surface area contributed by atoms with E-state index in [0.717, 1.165) is 6.42 Å². The van der Waals surface area contributed by atoms with Gasteiger partial charge in [-0.25, -0.2) is 4.79 Å². The normalized spacial score (nSPS) is 22.3. The molecule has 3 N–H and O–H groups in total. The number of aliphatic carboxylic acids is 1. The molecule has 1 fully saturated rings. The fourth-order valence-corrected chi connectivity index (χ4v) is 3.10. The maximum atomic E-state index is 11.6. The van der Waals surface area contributed by atoms with Crippen molar-refractivity contribution in [1.82, 2.24) is 10.6 Å². The van der Waals surface area contributed by atoms with Crippen LogP contribution in [0.15, 0.2) is 0 Å². The van der Waals surface area contributed by atoms with Gasteiger partial charge in [-0.1, -0.05) is 13.3 Å². The Morgan fingerprint density at radius 3 is 2.63 bits per heavy atom. The van der Waals surface area contributed by atoms with Gasteiger partial charge in [0, 0.05) is 18.3 Å². The molecule has 0 saturated carbocycles. The van der Waals surface area contributed by atoms with Gasteiger partial charge in [0.1, 0.15) is 0 Å². The first-order valence-electron chi connectivity index (χ1n) is 6.84. The number of carbonyl (C=O) groups excluding carboxylic acids is 1. The molecular weight excluding hydrogens is 264 g/mol. The lowest BCUT2D eigenvalue weighted by molar-refractivity contribution is -0.147. The highest BCUT2D eigenvalue weighted by molar-refractivity contribution is 7.99. The number of hydrogen-bond donors (Lipinski definition) is 3. The topological polar surface area (TPSA) is 78.4 Å². The highest BCUT2D eigenvalue weighted by atomic mass is 32.2. The monoisotopic (exact) mass is 288 g/mol. The van der Waals surface area contributed by atoms with Gasteiger partial charge in [0.2, 0.25) is 0 Å². The Kier molecular flexibility index (Phi) is 6.48. The number of carboxylic acid groups (broad SMARTS) is 1. The largest absolute Gasteiger partial charge is 0.481 e. The molecule has 0 aromatic rings. The first kappa shape index (κ1) is 16.1. The van der Waals surface area contributed by atoms with E-state index in [1.54, 1.807) is 6.92 Å². The lowest BCUT2D eigenvalue weighted by Crippen LogP contribution is -2.46. The molecule has 1 rings (SSSR count). The second-order valence-electron chi connectivity index (χ2n) is 5.27. The molecule has 1 heterocycles. The predicted octanol–water partition coefficient (Wildman–Crippen LogP) is 2.07. The van der Waals surface area contributed by atoms with Crippen LogP contribution >= 0.6 is 11.8 Å². The van der Waals surface area contributed by atoms with Crippen molar-refractivity contribution in [3.63, 3.8) is 0 Å². The maximum absolute atomic E-state index is 11.6. The molecule has 6 heteroatoms. The zero-order valence-electron chi connectivity index (χ0n) is 11.7. The van der Waals surface area contributed by atoms with Crippen LogP contribution in [0.1, 0.15) is 39.5 Å². The number of nitrogens with one attached hydrogen (secondary N) is 2. The van der Waals surface area contributed by atoms with E-state index in [0.29, 0.717) is 18.2 Å². The van der Waals surface area contributed by atoms with Crippen molar-refractivity contribution in [3.8, 4) is 0 Å². The third kappa shape index (κ3) is 5.30. The summed E-state index contributed by atoms with van der Waals surface area (Å²) in [6.45, 7) is 4.27. The molecule has 0 aromatic heterocycles. The van der Waals surface area contributed by atoms with Crippen LogP contribution < -0.4 is 10.6 Å². The van der Waals surface area contributed by atoms with Crippen molar-refractivity contribution in [3.05, 3.63) is 0 Å². The predicted molar refractivity (Wildman–Crippen MR) is 77.5 cm³/mol. The number of rotatable bonds is 6. The van der Waals surface area contributed by atoms with Gasteiger partial charge in [0.05, 0.1) is 5.41 Å². The lowest BCUT2D eigenvalue weighted by Gasteiger charge is -2.24. The quantitative estimate of drug-likeness (QED) is 0.699. The smallest absolute Gasteiger partial charge is 0.314 e. The molecule has 2 atom stereocenters. The molecular formula is C13H24N2O3S. The van der Waals surface area contributed by atoms with Crippen molar-refractivity contribution in [2.75, 3.05) is 18.8 Å². The highest BCUT2D eigenvalue weighted by Crippen LogP contribution is 2.24. The van der Waals surface area contributed by atoms with Crippen molar-refractivity contribution >= 4 is 23.8 Å². The third-order valence-electron chi connectivity index (χ3n) is 3.70. The minimum Gasteiger partial charge on any atom is -0.481 e. The van der Waals surface area contributed by atoms with E-state index in [-0.39, 0.29) is 12.6 Å². The summed E-state index contributed by atoms with van der Waals surface area (Å²) in [4.78, 5) is 22.7. The van der Waals surface area contributed by atoms with Crippen LogP contribution in [0.2, 0.25) is 0 Å². The van der Waals surface area contributed by atoms with E-state index >= 15 is 0 Å². The molecule has 1 saturated heterocycles. The summed E-state index contributed by atoms with van der Waals surface area (Å²) in [6.07, 6.45) is 4.13. The van der Waals surface area contributed by atoms with Crippen molar-refractivity contribution in [2.24, 2.45) is 5.41 Å². The lowest BCUT2D eigenvalue weighted by atomic mass is 9.88. The zero-order valence-corrected chi connectivity index (χ0v) is 12.5. The average molecular weight is 288 g/mol. The second kappa shape index (κ2) is 7.62. The molecule has 110 valence electrons. The number of carboxylic acids is 1. The van der Waals surface area contributed by atoms with Gasteiger partial charge in [0.15, 0.2) is 0 Å². The molecule has 0 radical (unpaired) electrons. The Bertz CT molecular complexity index is 319. The van der Waals surface area contributed by atoms with E-state index in [4.69, 9.17) is 5.11 Å². The Labute approximate surface area is 118 Å². The Morgan fingerprint density at radius 1 is 1.37 bits per heavy atom. The average Bonchev–Trinajstić information content (AvgIpc) is 2.43. The van der Waals surface area contributed by atoms with Crippen molar-refractivity contribution < 1.29 is 14.7 Å². The van der Waals surface area contributed by atoms with Gasteiger partial charge in [-0.05, 0) is 31.9 Å². The third-order valence-corrected chi connectivity index (χ3v) is 5.10. The summed E-state index contributed by atoms with van der Waals surface area (Å²) in [5, 5.41) is 15.1. The van der Waals surface area contributed by atoms with E-state index in [1.807, 2.05) is 18.7 Å². The second-order valence-corrected chi connectivity index (χ2v) is 6.68. The molecule has 19 heavy (non-hydrogen) atoms. The molecule has 2 unspecified atom stereocenters. The van der Waals surface area contributed by atoms with Crippen LogP contribution in [-0.4, -0.2) is 41.2 Å². The van der Waals surface area contributed by atoms with Crippen LogP contribution in [0, 0.1) is 5.41 Å². The van der Waals surface area contributed by atoms with Gasteiger partial charge >= 0.3 is 12.0 Å². The fraction of sp³-hybridized carbons (Fsp3) is 0.846. The summed E-state index contributed by atoms with van der Waals surface area (Å²) in [5.41, 5.74) is -0.892. The molecule has 0 spiro atoms. The van der Waals surface area contributed by atoms with E-state index in [2.05, 4.69) is 10.6 Å². The zero-order chi connectivity index (χ0) is 14.3. The molecule has 0 aromatic carbocycles. The number of urea groups is 1. The van der Waals surface area contributed by atoms with Crippen LogP contribution in [-0.2, 0) is 4.79 Å². The number of amides is 2.